The quantitative estimate of drug-likeness (QED) is 0.686. The number of hydrogen-bond acceptors (Lipinski definition) is 4. The van der Waals surface area contributed by atoms with Gasteiger partial charge in [-0.05, 0) is 43.9 Å². The molecule has 0 aliphatic heterocycles. The van der Waals surface area contributed by atoms with Gasteiger partial charge in [0.2, 0.25) is 0 Å². The number of anilines is 1. The van der Waals surface area contributed by atoms with Crippen LogP contribution in [-0.2, 0) is 6.42 Å². The lowest BCUT2D eigenvalue weighted by Crippen LogP contribution is -2.38. The second kappa shape index (κ2) is 7.43. The summed E-state index contributed by atoms with van der Waals surface area (Å²) < 4.78 is 0. The van der Waals surface area contributed by atoms with Crippen molar-refractivity contribution < 1.29 is 4.79 Å². The van der Waals surface area contributed by atoms with Gasteiger partial charge in [0.1, 0.15) is 5.69 Å². The molecule has 5 heteroatoms. The predicted molar refractivity (Wildman–Crippen MR) is 111 cm³/mol. The molecule has 2 N–H and O–H groups in total. The van der Waals surface area contributed by atoms with E-state index in [1.807, 2.05) is 31.3 Å². The molecular formula is C23H24N4O. The summed E-state index contributed by atoms with van der Waals surface area (Å²) in [4.78, 5) is 21.4. The number of aryl methyl sites for hydroxylation is 1. The summed E-state index contributed by atoms with van der Waals surface area (Å²) >= 11 is 0. The minimum absolute atomic E-state index is 0.0239. The van der Waals surface area contributed by atoms with Gasteiger partial charge >= 0.3 is 0 Å². The molecule has 1 amide bonds. The summed E-state index contributed by atoms with van der Waals surface area (Å²) in [6.07, 6.45) is 6.24. The molecule has 0 saturated heterocycles. The fourth-order valence-corrected chi connectivity index (χ4v) is 3.42. The number of carbonyl (C=O) groups is 1. The molecule has 2 aromatic carbocycles. The van der Waals surface area contributed by atoms with E-state index in [-0.39, 0.29) is 11.4 Å². The van der Waals surface area contributed by atoms with E-state index in [0.29, 0.717) is 5.56 Å². The number of hydrogen-bond donors (Lipinski definition) is 2. The minimum atomic E-state index is -0.102. The van der Waals surface area contributed by atoms with E-state index in [4.69, 9.17) is 0 Å². The second-order valence-corrected chi connectivity index (χ2v) is 7.48. The van der Waals surface area contributed by atoms with Crippen molar-refractivity contribution in [2.45, 2.75) is 31.7 Å². The number of nitrogens with zero attached hydrogens (tertiary/aromatic N) is 2. The molecule has 1 fully saturated rings. The van der Waals surface area contributed by atoms with Crippen LogP contribution in [-0.4, -0.2) is 28.5 Å². The third-order valence-corrected chi connectivity index (χ3v) is 5.25. The average Bonchev–Trinajstić information content (AvgIpc) is 3.48. The highest BCUT2D eigenvalue weighted by molar-refractivity contribution is 5.95. The highest BCUT2D eigenvalue weighted by Crippen LogP contribution is 2.39. The van der Waals surface area contributed by atoms with Crippen LogP contribution in [0.3, 0.4) is 0 Å². The van der Waals surface area contributed by atoms with Crippen LogP contribution in [0.2, 0.25) is 0 Å². The molecule has 1 saturated carbocycles. The predicted octanol–water partition coefficient (Wildman–Crippen LogP) is 4.00. The normalized spacial score (nSPS) is 14.4. The van der Waals surface area contributed by atoms with E-state index < -0.39 is 0 Å². The molecule has 142 valence electrons. The monoisotopic (exact) mass is 372 g/mol. The maximum atomic E-state index is 12.8. The summed E-state index contributed by atoms with van der Waals surface area (Å²) in [5, 5.41) is 6.29. The first kappa shape index (κ1) is 18.2. The van der Waals surface area contributed by atoms with Crippen molar-refractivity contribution in [1.82, 2.24) is 15.3 Å². The van der Waals surface area contributed by atoms with Gasteiger partial charge in [0, 0.05) is 36.1 Å². The van der Waals surface area contributed by atoms with Gasteiger partial charge in [0.05, 0.1) is 0 Å². The molecular weight excluding hydrogens is 348 g/mol. The van der Waals surface area contributed by atoms with Crippen molar-refractivity contribution in [3.63, 3.8) is 0 Å². The van der Waals surface area contributed by atoms with Crippen molar-refractivity contribution in [3.8, 4) is 11.3 Å². The van der Waals surface area contributed by atoms with Gasteiger partial charge in [-0.1, -0.05) is 42.0 Å². The number of amides is 1. The largest absolute Gasteiger partial charge is 0.371 e. The van der Waals surface area contributed by atoms with Crippen LogP contribution >= 0.6 is 0 Å². The highest BCUT2D eigenvalue weighted by atomic mass is 16.1. The van der Waals surface area contributed by atoms with Crippen LogP contribution in [0.1, 0.15) is 34.3 Å². The molecule has 0 radical (unpaired) electrons. The fraction of sp³-hybridized carbons (Fsp3) is 0.261. The maximum absolute atomic E-state index is 12.8. The lowest BCUT2D eigenvalue weighted by atomic mass is 10.0. The van der Waals surface area contributed by atoms with Crippen molar-refractivity contribution in [2.24, 2.45) is 0 Å². The Labute approximate surface area is 165 Å². The first-order chi connectivity index (χ1) is 13.6. The average molecular weight is 372 g/mol. The molecule has 0 bridgehead atoms. The van der Waals surface area contributed by atoms with Gasteiger partial charge in [0.25, 0.3) is 5.91 Å². The van der Waals surface area contributed by atoms with E-state index in [1.54, 1.807) is 12.4 Å². The van der Waals surface area contributed by atoms with Gasteiger partial charge in [-0.3, -0.25) is 9.78 Å². The zero-order chi connectivity index (χ0) is 19.6. The second-order valence-electron chi connectivity index (χ2n) is 7.48. The van der Waals surface area contributed by atoms with Gasteiger partial charge < -0.3 is 10.6 Å². The first-order valence-corrected chi connectivity index (χ1v) is 9.56. The Hall–Kier alpha value is -3.21. The van der Waals surface area contributed by atoms with Gasteiger partial charge in [0.15, 0.2) is 5.82 Å². The molecule has 28 heavy (non-hydrogen) atoms. The molecule has 5 nitrogen and oxygen atoms in total. The van der Waals surface area contributed by atoms with Crippen LogP contribution in [0.15, 0.2) is 60.9 Å². The maximum Gasteiger partial charge on any atom is 0.251 e. The van der Waals surface area contributed by atoms with Crippen LogP contribution in [0, 0.1) is 6.92 Å². The Bertz CT molecular complexity index is 976. The molecule has 0 spiro atoms. The molecule has 0 unspecified atom stereocenters. The Morgan fingerprint density at radius 2 is 1.68 bits per heavy atom. The third kappa shape index (κ3) is 3.88. The topological polar surface area (TPSA) is 66.9 Å². The Balaban J connectivity index is 1.46. The molecule has 1 aromatic heterocycles. The van der Waals surface area contributed by atoms with Crippen molar-refractivity contribution in [3.05, 3.63) is 77.6 Å². The number of aromatic nitrogens is 2. The summed E-state index contributed by atoms with van der Waals surface area (Å²) in [6, 6.07) is 16.1. The summed E-state index contributed by atoms with van der Waals surface area (Å²) in [5.74, 6) is 0.693. The van der Waals surface area contributed by atoms with Crippen LogP contribution in [0.5, 0.6) is 0 Å². The molecule has 4 rings (SSSR count). The number of carbonyl (C=O) groups excluding carboxylic acids is 1. The van der Waals surface area contributed by atoms with E-state index in [2.05, 4.69) is 51.8 Å². The summed E-state index contributed by atoms with van der Waals surface area (Å²) in [5.41, 5.74) is 4.77. The SMILES string of the molecule is CNc1nccnc1-c1ccc(C(=O)NC2(Cc3ccc(C)cc3)CC2)cc1. The number of nitrogens with one attached hydrogen (secondary N) is 2. The van der Waals surface area contributed by atoms with E-state index in [0.717, 1.165) is 36.3 Å². The van der Waals surface area contributed by atoms with E-state index >= 15 is 0 Å². The van der Waals surface area contributed by atoms with Crippen LogP contribution in [0.25, 0.3) is 11.3 Å². The Kier molecular flexibility index (Phi) is 4.82. The standard InChI is InChI=1S/C23H24N4O/c1-16-3-5-17(6-4-16)15-23(11-12-23)27-22(28)19-9-7-18(8-10-19)20-21(24-2)26-14-13-25-20/h3-10,13-14H,11-12,15H2,1-2H3,(H,24,26)(H,27,28). The summed E-state index contributed by atoms with van der Waals surface area (Å²) in [6.45, 7) is 2.09. The summed E-state index contributed by atoms with van der Waals surface area (Å²) in [7, 11) is 1.82. The number of rotatable bonds is 6. The van der Waals surface area contributed by atoms with Crippen LogP contribution < -0.4 is 10.6 Å². The van der Waals surface area contributed by atoms with Gasteiger partial charge in [-0.2, -0.15) is 0 Å². The Morgan fingerprint density at radius 3 is 2.32 bits per heavy atom. The van der Waals surface area contributed by atoms with E-state index in [9.17, 15) is 4.79 Å². The molecule has 1 aliphatic rings. The lowest BCUT2D eigenvalue weighted by molar-refractivity contribution is 0.0931. The highest BCUT2D eigenvalue weighted by Gasteiger charge is 2.43. The molecule has 1 aliphatic carbocycles. The fourth-order valence-electron chi connectivity index (χ4n) is 3.42. The first-order valence-electron chi connectivity index (χ1n) is 9.56. The van der Waals surface area contributed by atoms with Crippen molar-refractivity contribution in [1.29, 1.82) is 0 Å². The van der Waals surface area contributed by atoms with Crippen molar-refractivity contribution >= 4 is 11.7 Å². The smallest absolute Gasteiger partial charge is 0.251 e. The van der Waals surface area contributed by atoms with Crippen molar-refractivity contribution in [2.75, 3.05) is 12.4 Å². The van der Waals surface area contributed by atoms with Gasteiger partial charge in [-0.25, -0.2) is 4.98 Å². The van der Waals surface area contributed by atoms with E-state index in [1.165, 1.54) is 11.1 Å². The third-order valence-electron chi connectivity index (χ3n) is 5.25. The zero-order valence-electron chi connectivity index (χ0n) is 16.2. The minimum Gasteiger partial charge on any atom is -0.371 e. The van der Waals surface area contributed by atoms with Gasteiger partial charge in [-0.15, -0.1) is 0 Å². The molecule has 0 atom stereocenters. The zero-order valence-corrected chi connectivity index (χ0v) is 16.2. The lowest BCUT2D eigenvalue weighted by Gasteiger charge is -2.18. The van der Waals surface area contributed by atoms with Crippen LogP contribution in [0.4, 0.5) is 5.82 Å². The number of benzene rings is 2. The Morgan fingerprint density at radius 1 is 1.00 bits per heavy atom. The molecule has 3 aromatic rings. The molecule has 1 heterocycles.